The van der Waals surface area contributed by atoms with Gasteiger partial charge in [-0.1, -0.05) is 0 Å². The van der Waals surface area contributed by atoms with E-state index in [0.29, 0.717) is 0 Å². The Balaban J connectivity index is 2.36. The molecule has 1 aromatic heterocycles. The molecule has 0 amide bonds. The lowest BCUT2D eigenvalue weighted by atomic mass is 10.2. The van der Waals surface area contributed by atoms with Crippen molar-refractivity contribution in [1.29, 1.82) is 0 Å². The van der Waals surface area contributed by atoms with Crippen LogP contribution >= 0.6 is 11.8 Å². The molecule has 0 fully saturated rings. The van der Waals surface area contributed by atoms with Crippen LogP contribution in [0.2, 0.25) is 0 Å². The second kappa shape index (κ2) is 6.76. The predicted octanol–water partition coefficient (Wildman–Crippen LogP) is 0.679. The van der Waals surface area contributed by atoms with Crippen LogP contribution in [0.4, 0.5) is 0 Å². The van der Waals surface area contributed by atoms with Gasteiger partial charge in [0.1, 0.15) is 6.33 Å². The molecule has 0 aliphatic carbocycles. The second-order valence-electron chi connectivity index (χ2n) is 3.37. The summed E-state index contributed by atoms with van der Waals surface area (Å²) < 4.78 is 0. The van der Waals surface area contributed by atoms with E-state index in [0.717, 1.165) is 12.1 Å². The Morgan fingerprint density at radius 3 is 2.67 bits per heavy atom. The zero-order valence-electron chi connectivity index (χ0n) is 9.05. The first-order valence-electron chi connectivity index (χ1n) is 4.89. The van der Waals surface area contributed by atoms with Crippen LogP contribution in [0.25, 0.3) is 0 Å². The summed E-state index contributed by atoms with van der Waals surface area (Å²) in [6.07, 6.45) is 7.11. The van der Waals surface area contributed by atoms with Gasteiger partial charge in [-0.25, -0.2) is 9.97 Å². The Labute approximate surface area is 94.5 Å². The first-order valence-corrected chi connectivity index (χ1v) is 6.17. The average Bonchev–Trinajstić information content (AvgIpc) is 2.29. The zero-order chi connectivity index (χ0) is 11.1. The van der Waals surface area contributed by atoms with Crippen molar-refractivity contribution in [3.63, 3.8) is 0 Å². The van der Waals surface area contributed by atoms with Gasteiger partial charge in [-0.05, 0) is 13.2 Å². The number of hydrogen-bond donors (Lipinski definition) is 2. The van der Waals surface area contributed by atoms with Crippen LogP contribution in [-0.4, -0.2) is 39.2 Å². The lowest BCUT2D eigenvalue weighted by Gasteiger charge is -2.21. The smallest absolute Gasteiger partial charge is 0.115 e. The quantitative estimate of drug-likeness (QED) is 0.748. The van der Waals surface area contributed by atoms with E-state index in [1.165, 1.54) is 6.33 Å². The molecule has 0 saturated carbocycles. The molecular weight excluding hydrogens is 210 g/mol. The van der Waals surface area contributed by atoms with Crippen molar-refractivity contribution in [2.24, 2.45) is 0 Å². The highest BCUT2D eigenvalue weighted by Crippen LogP contribution is 2.10. The van der Waals surface area contributed by atoms with E-state index < -0.39 is 0 Å². The van der Waals surface area contributed by atoms with Crippen molar-refractivity contribution in [2.75, 3.05) is 12.9 Å². The third kappa shape index (κ3) is 4.15. The zero-order valence-corrected chi connectivity index (χ0v) is 9.87. The summed E-state index contributed by atoms with van der Waals surface area (Å²) in [5.41, 5.74) is 1.06. The lowest BCUT2D eigenvalue weighted by Crippen LogP contribution is -2.37. The number of aliphatic hydroxyl groups is 1. The van der Waals surface area contributed by atoms with E-state index in [-0.39, 0.29) is 17.9 Å². The molecule has 1 aromatic rings. The van der Waals surface area contributed by atoms with Gasteiger partial charge in [0.2, 0.25) is 0 Å². The van der Waals surface area contributed by atoms with E-state index in [2.05, 4.69) is 22.2 Å². The number of hydrogen-bond acceptors (Lipinski definition) is 5. The van der Waals surface area contributed by atoms with Crippen LogP contribution in [0.5, 0.6) is 0 Å². The van der Waals surface area contributed by atoms with Crippen LogP contribution in [0.1, 0.15) is 12.5 Å². The number of aromatic nitrogens is 2. The van der Waals surface area contributed by atoms with Crippen molar-refractivity contribution < 1.29 is 5.11 Å². The van der Waals surface area contributed by atoms with Crippen LogP contribution in [0.3, 0.4) is 0 Å². The number of aliphatic hydroxyl groups excluding tert-OH is 1. The van der Waals surface area contributed by atoms with Gasteiger partial charge in [-0.15, -0.1) is 0 Å². The van der Waals surface area contributed by atoms with E-state index >= 15 is 0 Å². The Bertz CT molecular complexity index is 267. The number of nitrogens with zero attached hydrogens (tertiary/aromatic N) is 2. The third-order valence-corrected chi connectivity index (χ3v) is 3.45. The molecule has 2 N–H and O–H groups in total. The fraction of sp³-hybridized carbons (Fsp3) is 0.600. The maximum Gasteiger partial charge on any atom is 0.115 e. The average molecular weight is 227 g/mol. The van der Waals surface area contributed by atoms with Crippen LogP contribution in [-0.2, 0) is 6.54 Å². The Kier molecular flexibility index (Phi) is 5.60. The molecule has 0 radical (unpaired) electrons. The number of rotatable bonds is 6. The Hall–Kier alpha value is -0.650. The van der Waals surface area contributed by atoms with Crippen molar-refractivity contribution >= 4 is 11.8 Å². The first kappa shape index (κ1) is 12.4. The summed E-state index contributed by atoms with van der Waals surface area (Å²) in [7, 11) is 0. The van der Waals surface area contributed by atoms with Gasteiger partial charge in [-0.3, -0.25) is 0 Å². The minimum absolute atomic E-state index is 0.195. The molecule has 4 nitrogen and oxygen atoms in total. The van der Waals surface area contributed by atoms with E-state index in [1.807, 2.05) is 6.26 Å². The topological polar surface area (TPSA) is 58.0 Å². The maximum atomic E-state index is 9.11. The molecule has 2 atom stereocenters. The highest BCUT2D eigenvalue weighted by Gasteiger charge is 2.14. The van der Waals surface area contributed by atoms with Crippen LogP contribution in [0, 0.1) is 0 Å². The van der Waals surface area contributed by atoms with Gasteiger partial charge in [0, 0.05) is 35.8 Å². The van der Waals surface area contributed by atoms with Gasteiger partial charge < -0.3 is 10.4 Å². The van der Waals surface area contributed by atoms with E-state index in [4.69, 9.17) is 5.11 Å². The summed E-state index contributed by atoms with van der Waals surface area (Å²) in [4.78, 5) is 7.88. The fourth-order valence-electron chi connectivity index (χ4n) is 1.27. The third-order valence-electron chi connectivity index (χ3n) is 2.28. The van der Waals surface area contributed by atoms with Crippen LogP contribution < -0.4 is 5.32 Å². The molecular formula is C10H17N3OS. The Morgan fingerprint density at radius 1 is 1.47 bits per heavy atom. The minimum atomic E-state index is 0.195. The molecule has 1 heterocycles. The van der Waals surface area contributed by atoms with Gasteiger partial charge in [0.15, 0.2) is 0 Å². The largest absolute Gasteiger partial charge is 0.395 e. The van der Waals surface area contributed by atoms with Crippen molar-refractivity contribution in [1.82, 2.24) is 15.3 Å². The van der Waals surface area contributed by atoms with Crippen molar-refractivity contribution in [3.8, 4) is 0 Å². The predicted molar refractivity (Wildman–Crippen MR) is 62.7 cm³/mol. The molecule has 0 spiro atoms. The lowest BCUT2D eigenvalue weighted by molar-refractivity contribution is 0.276. The summed E-state index contributed by atoms with van der Waals surface area (Å²) in [5, 5.41) is 12.7. The number of nitrogens with one attached hydrogen (secondary N) is 1. The molecule has 5 heteroatoms. The molecule has 0 saturated heterocycles. The number of thioether (sulfide) groups is 1. The summed E-state index contributed by atoms with van der Waals surface area (Å²) >= 11 is 1.67. The van der Waals surface area contributed by atoms with Crippen LogP contribution in [0.15, 0.2) is 18.7 Å². The summed E-state index contributed by atoms with van der Waals surface area (Å²) in [5.74, 6) is 0. The van der Waals surface area contributed by atoms with Gasteiger partial charge in [-0.2, -0.15) is 11.8 Å². The van der Waals surface area contributed by atoms with E-state index in [9.17, 15) is 0 Å². The van der Waals surface area contributed by atoms with Crippen molar-refractivity contribution in [3.05, 3.63) is 24.3 Å². The molecule has 0 aliphatic rings. The highest BCUT2D eigenvalue weighted by atomic mass is 32.2. The molecule has 2 unspecified atom stereocenters. The standard InChI is InChI=1S/C10H17N3OS/c1-8(10(6-14)15-2)13-5-9-3-11-7-12-4-9/h3-4,7-8,10,13-14H,5-6H2,1-2H3. The monoisotopic (exact) mass is 227 g/mol. The SMILES string of the molecule is CSC(CO)C(C)NCc1cncnc1. The minimum Gasteiger partial charge on any atom is -0.395 e. The van der Waals surface area contributed by atoms with Gasteiger partial charge in [0.05, 0.1) is 6.61 Å². The normalized spacial score (nSPS) is 14.9. The molecule has 1 rings (SSSR count). The molecule has 84 valence electrons. The Morgan fingerprint density at radius 2 is 2.13 bits per heavy atom. The molecule has 0 aliphatic heterocycles. The summed E-state index contributed by atoms with van der Waals surface area (Å²) in [6, 6.07) is 0.269. The second-order valence-corrected chi connectivity index (χ2v) is 4.45. The first-order chi connectivity index (χ1) is 7.27. The molecule has 0 aromatic carbocycles. The summed E-state index contributed by atoms with van der Waals surface area (Å²) in [6.45, 7) is 3.00. The van der Waals surface area contributed by atoms with E-state index in [1.54, 1.807) is 24.2 Å². The fourth-order valence-corrected chi connectivity index (χ4v) is 1.92. The molecule has 0 bridgehead atoms. The molecule has 15 heavy (non-hydrogen) atoms. The van der Waals surface area contributed by atoms with Crippen molar-refractivity contribution in [2.45, 2.75) is 24.8 Å². The van der Waals surface area contributed by atoms with Gasteiger partial charge in [0.25, 0.3) is 0 Å². The van der Waals surface area contributed by atoms with Gasteiger partial charge >= 0.3 is 0 Å². The maximum absolute atomic E-state index is 9.11. The highest BCUT2D eigenvalue weighted by molar-refractivity contribution is 7.99.